The molecular weight excluding hydrogens is 374 g/mol. The first-order chi connectivity index (χ1) is 13.5. The number of anilines is 1. The Labute approximate surface area is 168 Å². The summed E-state index contributed by atoms with van der Waals surface area (Å²) >= 11 is 5.97. The maximum Gasteiger partial charge on any atom is 0.226 e. The molecule has 28 heavy (non-hydrogen) atoms. The van der Waals surface area contributed by atoms with Gasteiger partial charge in [0.25, 0.3) is 0 Å². The Balaban J connectivity index is 1.56. The zero-order chi connectivity index (χ0) is 19.7. The van der Waals surface area contributed by atoms with E-state index in [1.807, 2.05) is 37.3 Å². The quantitative estimate of drug-likeness (QED) is 0.627. The van der Waals surface area contributed by atoms with E-state index in [9.17, 15) is 4.79 Å². The lowest BCUT2D eigenvalue weighted by Crippen LogP contribution is -2.56. The van der Waals surface area contributed by atoms with E-state index in [-0.39, 0.29) is 11.9 Å². The summed E-state index contributed by atoms with van der Waals surface area (Å²) in [7, 11) is 0. The summed E-state index contributed by atoms with van der Waals surface area (Å²) in [6.45, 7) is 4.10. The molecule has 1 aliphatic heterocycles. The van der Waals surface area contributed by atoms with Gasteiger partial charge in [0.1, 0.15) is 0 Å². The second-order valence-corrected chi connectivity index (χ2v) is 7.39. The molecule has 6 nitrogen and oxygen atoms in total. The minimum absolute atomic E-state index is 0.0405. The fourth-order valence-corrected chi connectivity index (χ4v) is 3.56. The van der Waals surface area contributed by atoms with Gasteiger partial charge in [-0.05, 0) is 48.7 Å². The van der Waals surface area contributed by atoms with E-state index in [4.69, 9.17) is 11.6 Å². The molecule has 3 aromatic rings. The summed E-state index contributed by atoms with van der Waals surface area (Å²) in [5.41, 5.74) is 4.04. The van der Waals surface area contributed by atoms with Crippen LogP contribution < -0.4 is 16.0 Å². The smallest absolute Gasteiger partial charge is 0.226 e. The van der Waals surface area contributed by atoms with Gasteiger partial charge in [0.05, 0.1) is 11.2 Å². The average Bonchev–Trinajstić information content (AvgIpc) is 2.68. The molecule has 1 fully saturated rings. The summed E-state index contributed by atoms with van der Waals surface area (Å²) < 4.78 is 0. The van der Waals surface area contributed by atoms with Crippen molar-refractivity contribution >= 4 is 34.4 Å². The van der Waals surface area contributed by atoms with Crippen LogP contribution in [-0.2, 0) is 11.2 Å². The van der Waals surface area contributed by atoms with Crippen LogP contribution in [0.1, 0.15) is 36.2 Å². The number of fused-ring (bicyclic) bond motifs is 1. The van der Waals surface area contributed by atoms with Gasteiger partial charge in [-0.2, -0.15) is 0 Å². The molecule has 4 rings (SSSR count). The Morgan fingerprint density at radius 1 is 1.18 bits per heavy atom. The van der Waals surface area contributed by atoms with Crippen LogP contribution in [0.5, 0.6) is 0 Å². The Hall–Kier alpha value is -2.70. The molecule has 2 aromatic carbocycles. The maximum absolute atomic E-state index is 12.2. The molecule has 0 spiro atoms. The van der Waals surface area contributed by atoms with Crippen LogP contribution in [0.4, 0.5) is 5.95 Å². The standard InChI is InChI=1S/C21H22ClN5O/c1-3-13-4-9-17-16(10-13)12(2)23-20(24-17)27-21-25-18(11-19(28)26-21)14-5-7-15(22)8-6-14/h4-10,18,21,25H,3,11H2,1-2H3,(H,26,28)(H,23,24,27). The largest absolute Gasteiger partial charge is 0.323 e. The number of nitrogens with one attached hydrogen (secondary N) is 3. The molecule has 0 radical (unpaired) electrons. The Morgan fingerprint density at radius 3 is 2.71 bits per heavy atom. The highest BCUT2D eigenvalue weighted by Gasteiger charge is 2.27. The highest BCUT2D eigenvalue weighted by Crippen LogP contribution is 2.23. The number of hydrogen-bond acceptors (Lipinski definition) is 5. The van der Waals surface area contributed by atoms with Crippen molar-refractivity contribution < 1.29 is 4.79 Å². The van der Waals surface area contributed by atoms with Gasteiger partial charge in [-0.25, -0.2) is 9.97 Å². The Bertz CT molecular complexity index is 1020. The van der Waals surface area contributed by atoms with Crippen molar-refractivity contribution in [2.75, 3.05) is 5.32 Å². The predicted octanol–water partition coefficient (Wildman–Crippen LogP) is 3.70. The molecule has 0 aliphatic carbocycles. The molecule has 0 saturated carbocycles. The highest BCUT2D eigenvalue weighted by atomic mass is 35.5. The number of nitrogens with zero attached hydrogens (tertiary/aromatic N) is 2. The number of amides is 1. The number of benzene rings is 2. The van der Waals surface area contributed by atoms with E-state index in [0.717, 1.165) is 28.6 Å². The number of carbonyl (C=O) groups is 1. The molecule has 3 N–H and O–H groups in total. The molecule has 2 atom stereocenters. The van der Waals surface area contributed by atoms with E-state index >= 15 is 0 Å². The second kappa shape index (κ2) is 7.73. The van der Waals surface area contributed by atoms with E-state index in [1.165, 1.54) is 5.56 Å². The number of aryl methyl sites for hydroxylation is 2. The number of halogens is 1. The van der Waals surface area contributed by atoms with Gasteiger partial charge >= 0.3 is 0 Å². The molecule has 144 valence electrons. The molecule has 7 heteroatoms. The van der Waals surface area contributed by atoms with Crippen LogP contribution in [-0.4, -0.2) is 22.2 Å². The lowest BCUT2D eigenvalue weighted by molar-refractivity contribution is -0.124. The van der Waals surface area contributed by atoms with Gasteiger partial charge in [0, 0.05) is 22.9 Å². The van der Waals surface area contributed by atoms with Crippen LogP contribution in [0.3, 0.4) is 0 Å². The van der Waals surface area contributed by atoms with Gasteiger partial charge in [0.2, 0.25) is 11.9 Å². The lowest BCUT2D eigenvalue weighted by atomic mass is 10.0. The number of hydrogen-bond donors (Lipinski definition) is 3. The summed E-state index contributed by atoms with van der Waals surface area (Å²) in [6, 6.07) is 13.6. The summed E-state index contributed by atoms with van der Waals surface area (Å²) in [5.74, 6) is 0.435. The van der Waals surface area contributed by atoms with Crippen molar-refractivity contribution in [3.8, 4) is 0 Å². The van der Waals surface area contributed by atoms with Crippen molar-refractivity contribution in [2.24, 2.45) is 0 Å². The predicted molar refractivity (Wildman–Crippen MR) is 111 cm³/mol. The maximum atomic E-state index is 12.2. The first-order valence-corrected chi connectivity index (χ1v) is 9.74. The molecule has 0 bridgehead atoms. The van der Waals surface area contributed by atoms with Gasteiger partial charge in [-0.3, -0.25) is 10.1 Å². The van der Waals surface area contributed by atoms with Crippen LogP contribution in [0.2, 0.25) is 5.02 Å². The topological polar surface area (TPSA) is 78.9 Å². The van der Waals surface area contributed by atoms with E-state index < -0.39 is 6.29 Å². The number of carbonyl (C=O) groups excluding carboxylic acids is 1. The zero-order valence-corrected chi connectivity index (χ0v) is 16.5. The van der Waals surface area contributed by atoms with Gasteiger partial charge in [0.15, 0.2) is 6.29 Å². The van der Waals surface area contributed by atoms with Gasteiger partial charge in [-0.15, -0.1) is 0 Å². The summed E-state index contributed by atoms with van der Waals surface area (Å²) in [5, 5.41) is 11.2. The normalized spacial score (nSPS) is 19.5. The Kier molecular flexibility index (Phi) is 5.15. The fraction of sp³-hybridized carbons (Fsp3) is 0.286. The average molecular weight is 396 g/mol. The fourth-order valence-electron chi connectivity index (χ4n) is 3.44. The monoisotopic (exact) mass is 395 g/mol. The van der Waals surface area contributed by atoms with Crippen LogP contribution >= 0.6 is 11.6 Å². The van der Waals surface area contributed by atoms with E-state index in [0.29, 0.717) is 17.4 Å². The summed E-state index contributed by atoms with van der Waals surface area (Å²) in [4.78, 5) is 21.4. The Morgan fingerprint density at radius 2 is 1.96 bits per heavy atom. The lowest BCUT2D eigenvalue weighted by Gasteiger charge is -2.32. The van der Waals surface area contributed by atoms with Crippen molar-refractivity contribution in [3.05, 3.63) is 64.3 Å². The minimum Gasteiger partial charge on any atom is -0.323 e. The first kappa shape index (κ1) is 18.7. The summed E-state index contributed by atoms with van der Waals surface area (Å²) in [6.07, 6.45) is 0.866. The number of aromatic nitrogens is 2. The number of rotatable bonds is 4. The SMILES string of the molecule is CCc1ccc2nc(NC3NC(=O)CC(c4ccc(Cl)cc4)N3)nc(C)c2c1. The molecule has 2 heterocycles. The van der Waals surface area contributed by atoms with E-state index in [2.05, 4.69) is 45.0 Å². The molecule has 1 aliphatic rings. The minimum atomic E-state index is -0.464. The first-order valence-electron chi connectivity index (χ1n) is 9.36. The molecule has 2 unspecified atom stereocenters. The zero-order valence-electron chi connectivity index (χ0n) is 15.8. The molecule has 1 saturated heterocycles. The third-order valence-corrected chi connectivity index (χ3v) is 5.22. The third-order valence-electron chi connectivity index (χ3n) is 4.97. The van der Waals surface area contributed by atoms with Gasteiger partial charge < -0.3 is 10.6 Å². The van der Waals surface area contributed by atoms with Crippen molar-refractivity contribution in [1.82, 2.24) is 20.6 Å². The second-order valence-electron chi connectivity index (χ2n) is 6.96. The molecular formula is C21H22ClN5O. The van der Waals surface area contributed by atoms with Crippen molar-refractivity contribution in [2.45, 2.75) is 39.0 Å². The van der Waals surface area contributed by atoms with Crippen LogP contribution in [0.25, 0.3) is 10.9 Å². The van der Waals surface area contributed by atoms with Crippen LogP contribution in [0.15, 0.2) is 42.5 Å². The van der Waals surface area contributed by atoms with E-state index in [1.54, 1.807) is 0 Å². The highest BCUT2D eigenvalue weighted by molar-refractivity contribution is 6.30. The van der Waals surface area contributed by atoms with Crippen molar-refractivity contribution in [1.29, 1.82) is 0 Å². The van der Waals surface area contributed by atoms with Crippen molar-refractivity contribution in [3.63, 3.8) is 0 Å². The molecule has 1 amide bonds. The molecule has 1 aromatic heterocycles. The van der Waals surface area contributed by atoms with Crippen LogP contribution in [0, 0.1) is 6.92 Å². The van der Waals surface area contributed by atoms with Gasteiger partial charge in [-0.1, -0.05) is 36.7 Å². The third kappa shape index (κ3) is 3.93.